The van der Waals surface area contributed by atoms with E-state index in [0.29, 0.717) is 6.07 Å². The molecule has 0 heterocycles. The first kappa shape index (κ1) is 14.7. The van der Waals surface area contributed by atoms with Gasteiger partial charge in [-0.2, -0.15) is 13.2 Å². The standard InChI is InChI=1S/C16H12F4O2/c1-9(21)15(22)11-4-7-13(14(8-11)16(18,19)20)10-2-5-12(17)6-3-10/h2-9,21H,1H3/t9-/m0/s1/i9D. The van der Waals surface area contributed by atoms with Crippen molar-refractivity contribution in [3.63, 3.8) is 0 Å². The summed E-state index contributed by atoms with van der Waals surface area (Å²) in [7, 11) is 0. The summed E-state index contributed by atoms with van der Waals surface area (Å²) in [6.07, 6.45) is -7.28. The third kappa shape index (κ3) is 3.33. The number of hydrogen-bond acceptors (Lipinski definition) is 2. The molecule has 0 radical (unpaired) electrons. The Hall–Kier alpha value is -2.21. The highest BCUT2D eigenvalue weighted by molar-refractivity contribution is 5.99. The van der Waals surface area contributed by atoms with Gasteiger partial charge in [-0.3, -0.25) is 4.79 Å². The van der Waals surface area contributed by atoms with Crippen LogP contribution in [-0.2, 0) is 6.18 Å². The Kier molecular flexibility index (Phi) is 3.94. The van der Waals surface area contributed by atoms with E-state index in [9.17, 15) is 27.5 Å². The zero-order valence-electron chi connectivity index (χ0n) is 12.4. The van der Waals surface area contributed by atoms with E-state index in [-0.39, 0.29) is 11.1 Å². The van der Waals surface area contributed by atoms with Gasteiger partial charge in [0.2, 0.25) is 0 Å². The normalized spacial score (nSPS) is 15.1. The predicted octanol–water partition coefficient (Wildman–Crippen LogP) is 4.08. The minimum Gasteiger partial charge on any atom is -0.385 e. The molecule has 0 aliphatic carbocycles. The summed E-state index contributed by atoms with van der Waals surface area (Å²) in [5.74, 6) is -1.73. The molecule has 1 atom stereocenters. The van der Waals surface area contributed by atoms with Gasteiger partial charge in [0.15, 0.2) is 5.78 Å². The summed E-state index contributed by atoms with van der Waals surface area (Å²) >= 11 is 0. The molecule has 0 saturated heterocycles. The fourth-order valence-corrected chi connectivity index (χ4v) is 2.01. The van der Waals surface area contributed by atoms with Crippen molar-refractivity contribution in [1.29, 1.82) is 0 Å². The smallest absolute Gasteiger partial charge is 0.385 e. The molecule has 22 heavy (non-hydrogen) atoms. The van der Waals surface area contributed by atoms with Crippen LogP contribution in [0.5, 0.6) is 0 Å². The Bertz CT molecular complexity index is 731. The van der Waals surface area contributed by atoms with Crippen LogP contribution in [-0.4, -0.2) is 17.0 Å². The maximum Gasteiger partial charge on any atom is 0.417 e. The highest BCUT2D eigenvalue weighted by Gasteiger charge is 2.34. The second kappa shape index (κ2) is 5.88. The van der Waals surface area contributed by atoms with Crippen molar-refractivity contribution in [2.24, 2.45) is 0 Å². The molecule has 6 heteroatoms. The molecule has 2 nitrogen and oxygen atoms in total. The fraction of sp³-hybridized carbons (Fsp3) is 0.188. The van der Waals surface area contributed by atoms with Crippen molar-refractivity contribution in [3.8, 4) is 11.1 Å². The number of alkyl halides is 3. The summed E-state index contributed by atoms with van der Waals surface area (Å²) < 4.78 is 59.9. The van der Waals surface area contributed by atoms with Crippen LogP contribution in [0.4, 0.5) is 17.6 Å². The quantitative estimate of drug-likeness (QED) is 0.685. The van der Waals surface area contributed by atoms with Crippen molar-refractivity contribution in [2.75, 3.05) is 0 Å². The van der Waals surface area contributed by atoms with E-state index in [4.69, 9.17) is 1.37 Å². The molecule has 116 valence electrons. The Labute approximate surface area is 125 Å². The number of Topliss-reactive ketones (excluding diaryl/α,β-unsaturated/α-hetero) is 1. The van der Waals surface area contributed by atoms with Crippen LogP contribution in [0.1, 0.15) is 24.2 Å². The highest BCUT2D eigenvalue weighted by atomic mass is 19.4. The van der Waals surface area contributed by atoms with Crippen molar-refractivity contribution >= 4 is 5.78 Å². The van der Waals surface area contributed by atoms with Gasteiger partial charge in [-0.25, -0.2) is 4.39 Å². The Balaban J connectivity index is 2.61. The van der Waals surface area contributed by atoms with Gasteiger partial charge >= 0.3 is 6.18 Å². The van der Waals surface area contributed by atoms with Crippen LogP contribution < -0.4 is 0 Å². The summed E-state index contributed by atoms with van der Waals surface area (Å²) in [4.78, 5) is 11.8. The number of carbonyl (C=O) groups is 1. The Morgan fingerprint density at radius 3 is 2.27 bits per heavy atom. The van der Waals surface area contributed by atoms with Gasteiger partial charge in [0.25, 0.3) is 0 Å². The molecule has 2 aromatic rings. The minimum atomic E-state index is -4.76. The van der Waals surface area contributed by atoms with Gasteiger partial charge in [0.1, 0.15) is 11.9 Å². The second-order valence-corrected chi connectivity index (χ2v) is 4.68. The number of carbonyl (C=O) groups excluding carboxylic acids is 1. The van der Waals surface area contributed by atoms with Crippen LogP contribution in [0.2, 0.25) is 0 Å². The van der Waals surface area contributed by atoms with Crippen molar-refractivity contribution in [2.45, 2.75) is 19.2 Å². The summed E-state index contributed by atoms with van der Waals surface area (Å²) in [6, 6.07) is 7.20. The van der Waals surface area contributed by atoms with Crippen molar-refractivity contribution < 1.29 is 28.8 Å². The van der Waals surface area contributed by atoms with Gasteiger partial charge in [-0.05, 0) is 36.2 Å². The first-order valence-corrected chi connectivity index (χ1v) is 6.24. The number of hydrogen-bond donors (Lipinski definition) is 1. The monoisotopic (exact) mass is 313 g/mol. The maximum atomic E-state index is 13.3. The molecule has 0 saturated carbocycles. The number of ketones is 1. The molecular weight excluding hydrogens is 300 g/mol. The van der Waals surface area contributed by atoms with Gasteiger partial charge in [-0.1, -0.05) is 24.3 Å². The predicted molar refractivity (Wildman–Crippen MR) is 72.8 cm³/mol. The van der Waals surface area contributed by atoms with E-state index < -0.39 is 35.0 Å². The largest absolute Gasteiger partial charge is 0.417 e. The zero-order chi connectivity index (χ0) is 17.4. The lowest BCUT2D eigenvalue weighted by Crippen LogP contribution is -2.17. The van der Waals surface area contributed by atoms with Crippen LogP contribution in [0.3, 0.4) is 0 Å². The van der Waals surface area contributed by atoms with Crippen LogP contribution in [0, 0.1) is 5.82 Å². The topological polar surface area (TPSA) is 37.3 Å². The first-order chi connectivity index (χ1) is 10.5. The molecule has 0 aliphatic heterocycles. The lowest BCUT2D eigenvalue weighted by Gasteiger charge is -2.15. The van der Waals surface area contributed by atoms with Crippen molar-refractivity contribution in [1.82, 2.24) is 0 Å². The van der Waals surface area contributed by atoms with E-state index >= 15 is 0 Å². The highest BCUT2D eigenvalue weighted by Crippen LogP contribution is 2.37. The zero-order valence-corrected chi connectivity index (χ0v) is 11.4. The van der Waals surface area contributed by atoms with Crippen LogP contribution >= 0.6 is 0 Å². The van der Waals surface area contributed by atoms with Gasteiger partial charge in [0.05, 0.1) is 6.93 Å². The third-order valence-corrected chi connectivity index (χ3v) is 3.07. The molecule has 0 bridgehead atoms. The molecule has 0 spiro atoms. The average molecular weight is 313 g/mol. The second-order valence-electron chi connectivity index (χ2n) is 4.68. The van der Waals surface area contributed by atoms with E-state index in [2.05, 4.69) is 0 Å². The molecule has 1 N–H and O–H groups in total. The van der Waals surface area contributed by atoms with Gasteiger partial charge < -0.3 is 5.11 Å². The summed E-state index contributed by atoms with van der Waals surface area (Å²) in [5, 5.41) is 9.34. The van der Waals surface area contributed by atoms with E-state index in [1.54, 1.807) is 0 Å². The number of aliphatic hydroxyl groups is 1. The van der Waals surface area contributed by atoms with Crippen LogP contribution in [0.15, 0.2) is 42.5 Å². The van der Waals surface area contributed by atoms with E-state index in [1.807, 2.05) is 0 Å². The average Bonchev–Trinajstić information content (AvgIpc) is 2.45. The first-order valence-electron chi connectivity index (χ1n) is 6.74. The molecule has 0 aromatic heterocycles. The van der Waals surface area contributed by atoms with Crippen molar-refractivity contribution in [3.05, 3.63) is 59.4 Å². The summed E-state index contributed by atoms with van der Waals surface area (Å²) in [5.41, 5.74) is -1.61. The molecule has 0 amide bonds. The lowest BCUT2D eigenvalue weighted by molar-refractivity contribution is -0.137. The molecule has 0 fully saturated rings. The molecule has 0 unspecified atom stereocenters. The molecular formula is C16H12F4O2. The van der Waals surface area contributed by atoms with Gasteiger partial charge in [-0.15, -0.1) is 0 Å². The van der Waals surface area contributed by atoms with Gasteiger partial charge in [0, 0.05) is 5.56 Å². The number of benzene rings is 2. The fourth-order valence-electron chi connectivity index (χ4n) is 2.01. The maximum absolute atomic E-state index is 13.3. The SMILES string of the molecule is [2H][C@@](C)(O)C(=O)c1ccc(-c2ccc(F)cc2)c(C(F)(F)F)c1. The third-order valence-electron chi connectivity index (χ3n) is 3.07. The van der Waals surface area contributed by atoms with Crippen LogP contribution in [0.25, 0.3) is 11.1 Å². The molecule has 0 aliphatic rings. The molecule has 2 aromatic carbocycles. The number of rotatable bonds is 3. The Morgan fingerprint density at radius 1 is 1.18 bits per heavy atom. The van der Waals surface area contributed by atoms with E-state index in [1.165, 1.54) is 12.1 Å². The summed E-state index contributed by atoms with van der Waals surface area (Å²) in [6.45, 7) is 0.872. The number of halogens is 4. The Morgan fingerprint density at radius 2 is 1.77 bits per heavy atom. The lowest BCUT2D eigenvalue weighted by atomic mass is 9.95. The molecule has 2 rings (SSSR count). The minimum absolute atomic E-state index is 0.135. The van der Waals surface area contributed by atoms with E-state index in [0.717, 1.165) is 31.2 Å².